The highest BCUT2D eigenvalue weighted by molar-refractivity contribution is 7.92. The number of likely N-dealkylation sites (tertiary alicyclic amines) is 1. The number of hydrogen-bond acceptors (Lipinski definition) is 6. The van der Waals surface area contributed by atoms with E-state index in [1.54, 1.807) is 11.9 Å². The predicted octanol–water partition coefficient (Wildman–Crippen LogP) is 4.73. The number of alkyl halides is 2. The molecule has 4 rings (SSSR count). The van der Waals surface area contributed by atoms with E-state index in [9.17, 15) is 21.6 Å². The standard InChI is InChI=1S/C22H23F3N4O2S2/c1-28(16-7-8-29(12-16)11-15-5-3-2-4-6-15)19-10-18(23)20(9-17(19)22(24)25)33(30,31)27-21-13-32-14-26-21/h2-6,9-10,13-14,16,22,27H,7-8,11-12H2,1H3/t16-/m0/s1. The Labute approximate surface area is 194 Å². The first-order valence-corrected chi connectivity index (χ1v) is 12.7. The van der Waals surface area contributed by atoms with Gasteiger partial charge >= 0.3 is 0 Å². The smallest absolute Gasteiger partial charge is 0.266 e. The highest BCUT2D eigenvalue weighted by Gasteiger charge is 2.31. The SMILES string of the molecule is CN(c1cc(F)c(S(=O)(=O)Nc2cscn2)cc1C(F)F)[C@H]1CCN(Cc2ccccc2)C1. The molecular formula is C22H23F3N4O2S2. The number of anilines is 2. The molecule has 0 aliphatic carbocycles. The molecule has 3 aromatic rings. The summed E-state index contributed by atoms with van der Waals surface area (Å²) in [6.07, 6.45) is -2.25. The first kappa shape index (κ1) is 23.5. The molecule has 2 aromatic carbocycles. The highest BCUT2D eigenvalue weighted by atomic mass is 32.2. The van der Waals surface area contributed by atoms with Crippen LogP contribution in [0.2, 0.25) is 0 Å². The third kappa shape index (κ3) is 5.31. The van der Waals surface area contributed by atoms with Crippen molar-refractivity contribution >= 4 is 32.9 Å². The van der Waals surface area contributed by atoms with Gasteiger partial charge in [0.1, 0.15) is 10.7 Å². The maximum absolute atomic E-state index is 14.9. The number of halogens is 3. The van der Waals surface area contributed by atoms with Crippen molar-refractivity contribution in [3.8, 4) is 0 Å². The van der Waals surface area contributed by atoms with E-state index in [4.69, 9.17) is 0 Å². The van der Waals surface area contributed by atoms with Crippen LogP contribution in [-0.2, 0) is 16.6 Å². The predicted molar refractivity (Wildman–Crippen MR) is 123 cm³/mol. The molecule has 33 heavy (non-hydrogen) atoms. The molecule has 0 radical (unpaired) electrons. The van der Waals surface area contributed by atoms with E-state index in [-0.39, 0.29) is 17.5 Å². The number of benzene rings is 2. The molecule has 1 fully saturated rings. The molecule has 0 amide bonds. The van der Waals surface area contributed by atoms with Crippen molar-refractivity contribution in [3.05, 3.63) is 70.3 Å². The molecule has 0 spiro atoms. The van der Waals surface area contributed by atoms with Crippen molar-refractivity contribution in [3.63, 3.8) is 0 Å². The van der Waals surface area contributed by atoms with Crippen molar-refractivity contribution < 1.29 is 21.6 Å². The fourth-order valence-corrected chi connectivity index (χ4v) is 5.66. The maximum atomic E-state index is 14.9. The number of hydrogen-bond donors (Lipinski definition) is 1. The zero-order chi connectivity index (χ0) is 23.6. The van der Waals surface area contributed by atoms with Crippen LogP contribution in [0.1, 0.15) is 24.0 Å². The van der Waals surface area contributed by atoms with Crippen LogP contribution >= 0.6 is 11.3 Å². The molecule has 2 heterocycles. The van der Waals surface area contributed by atoms with Gasteiger partial charge in [-0.1, -0.05) is 30.3 Å². The first-order chi connectivity index (χ1) is 15.7. The number of sulfonamides is 1. The topological polar surface area (TPSA) is 65.5 Å². The molecule has 0 unspecified atom stereocenters. The zero-order valence-electron chi connectivity index (χ0n) is 17.8. The Kier molecular flexibility index (Phi) is 6.91. The van der Waals surface area contributed by atoms with Crippen molar-refractivity contribution in [2.24, 2.45) is 0 Å². The lowest BCUT2D eigenvalue weighted by atomic mass is 10.1. The Morgan fingerprint density at radius 2 is 2.03 bits per heavy atom. The molecule has 1 aromatic heterocycles. The lowest BCUT2D eigenvalue weighted by Crippen LogP contribution is -2.35. The Hall–Kier alpha value is -2.63. The fraction of sp³-hybridized carbons (Fsp3) is 0.318. The van der Waals surface area contributed by atoms with Gasteiger partial charge in [0.05, 0.1) is 5.51 Å². The van der Waals surface area contributed by atoms with Gasteiger partial charge in [-0.2, -0.15) is 0 Å². The zero-order valence-corrected chi connectivity index (χ0v) is 19.4. The Balaban J connectivity index is 1.56. The molecule has 1 N–H and O–H groups in total. The molecule has 176 valence electrons. The quantitative estimate of drug-likeness (QED) is 0.489. The second-order valence-electron chi connectivity index (χ2n) is 7.90. The lowest BCUT2D eigenvalue weighted by Gasteiger charge is -2.29. The van der Waals surface area contributed by atoms with Gasteiger partial charge in [-0.25, -0.2) is 26.6 Å². The number of nitrogens with zero attached hydrogens (tertiary/aromatic N) is 3. The van der Waals surface area contributed by atoms with Crippen LogP contribution in [-0.4, -0.2) is 44.5 Å². The van der Waals surface area contributed by atoms with E-state index in [1.807, 2.05) is 30.3 Å². The third-order valence-electron chi connectivity index (χ3n) is 5.70. The summed E-state index contributed by atoms with van der Waals surface area (Å²) in [7, 11) is -2.78. The number of nitrogens with one attached hydrogen (secondary N) is 1. The lowest BCUT2D eigenvalue weighted by molar-refractivity contribution is 0.151. The summed E-state index contributed by atoms with van der Waals surface area (Å²) in [5.41, 5.74) is 2.02. The fourth-order valence-electron chi connectivity index (χ4n) is 4.01. The molecule has 1 atom stereocenters. The largest absolute Gasteiger partial charge is 0.370 e. The van der Waals surface area contributed by atoms with Gasteiger partial charge in [-0.15, -0.1) is 11.3 Å². The van der Waals surface area contributed by atoms with Crippen LogP contribution in [0, 0.1) is 5.82 Å². The minimum absolute atomic E-state index is 0.00338. The maximum Gasteiger partial charge on any atom is 0.266 e. The average Bonchev–Trinajstić information content (AvgIpc) is 3.45. The third-order valence-corrected chi connectivity index (χ3v) is 7.66. The van der Waals surface area contributed by atoms with Gasteiger partial charge in [0.2, 0.25) is 0 Å². The molecule has 0 bridgehead atoms. The van der Waals surface area contributed by atoms with Crippen LogP contribution in [0.4, 0.5) is 24.7 Å². The van der Waals surface area contributed by atoms with Crippen molar-refractivity contribution in [1.82, 2.24) is 9.88 Å². The summed E-state index contributed by atoms with van der Waals surface area (Å²) >= 11 is 1.15. The van der Waals surface area contributed by atoms with E-state index < -0.39 is 32.7 Å². The Morgan fingerprint density at radius 3 is 2.70 bits per heavy atom. The second-order valence-corrected chi connectivity index (χ2v) is 10.3. The van der Waals surface area contributed by atoms with Gasteiger partial charge in [0, 0.05) is 49.4 Å². The van der Waals surface area contributed by atoms with Crippen molar-refractivity contribution in [1.29, 1.82) is 0 Å². The highest BCUT2D eigenvalue weighted by Crippen LogP contribution is 2.36. The number of likely N-dealkylation sites (N-methyl/N-ethyl adjacent to an activating group) is 1. The number of thiazole rings is 1. The average molecular weight is 497 g/mol. The molecule has 0 saturated carbocycles. The second kappa shape index (κ2) is 9.70. The van der Waals surface area contributed by atoms with Gasteiger partial charge in [-0.05, 0) is 24.1 Å². The summed E-state index contributed by atoms with van der Waals surface area (Å²) in [6, 6.07) is 11.4. The van der Waals surface area contributed by atoms with Gasteiger partial charge < -0.3 is 4.90 Å². The molecular weight excluding hydrogens is 473 g/mol. The number of aromatic nitrogens is 1. The van der Waals surface area contributed by atoms with E-state index in [0.29, 0.717) is 6.54 Å². The van der Waals surface area contributed by atoms with E-state index in [2.05, 4.69) is 14.6 Å². The summed E-state index contributed by atoms with van der Waals surface area (Å²) in [5.74, 6) is -1.09. The minimum atomic E-state index is -4.42. The monoisotopic (exact) mass is 496 g/mol. The van der Waals surface area contributed by atoms with E-state index in [1.165, 1.54) is 10.9 Å². The summed E-state index contributed by atoms with van der Waals surface area (Å²) in [4.78, 5) is 6.80. The summed E-state index contributed by atoms with van der Waals surface area (Å²) in [6.45, 7) is 2.14. The summed E-state index contributed by atoms with van der Waals surface area (Å²) < 4.78 is 70.1. The molecule has 1 aliphatic rings. The van der Waals surface area contributed by atoms with Gasteiger partial charge in [0.25, 0.3) is 16.4 Å². The van der Waals surface area contributed by atoms with Crippen molar-refractivity contribution in [2.45, 2.75) is 30.3 Å². The van der Waals surface area contributed by atoms with Crippen molar-refractivity contribution in [2.75, 3.05) is 29.8 Å². The van der Waals surface area contributed by atoms with Gasteiger partial charge in [-0.3, -0.25) is 9.62 Å². The molecule has 6 nitrogen and oxygen atoms in total. The van der Waals surface area contributed by atoms with Gasteiger partial charge in [0.15, 0.2) is 5.82 Å². The van der Waals surface area contributed by atoms with Crippen LogP contribution < -0.4 is 9.62 Å². The molecule has 1 aliphatic heterocycles. The first-order valence-electron chi connectivity index (χ1n) is 10.3. The van der Waals surface area contributed by atoms with Crippen LogP contribution in [0.15, 0.2) is 58.3 Å². The Bertz CT molecular complexity index is 1190. The summed E-state index contributed by atoms with van der Waals surface area (Å²) in [5, 5.41) is 1.42. The van der Waals surface area contributed by atoms with E-state index in [0.717, 1.165) is 48.5 Å². The Morgan fingerprint density at radius 1 is 1.27 bits per heavy atom. The van der Waals surface area contributed by atoms with E-state index >= 15 is 0 Å². The van der Waals surface area contributed by atoms with Crippen LogP contribution in [0.25, 0.3) is 0 Å². The van der Waals surface area contributed by atoms with Crippen LogP contribution in [0.5, 0.6) is 0 Å². The molecule has 1 saturated heterocycles. The molecule has 11 heteroatoms. The normalized spacial score (nSPS) is 16.9. The van der Waals surface area contributed by atoms with Crippen LogP contribution in [0.3, 0.4) is 0 Å². The number of rotatable bonds is 8. The minimum Gasteiger partial charge on any atom is -0.370 e.